The molecule has 0 aromatic rings. The van der Waals surface area contributed by atoms with E-state index in [0.717, 1.165) is 0 Å². The Kier molecular flexibility index (Phi) is 6.33. The van der Waals surface area contributed by atoms with Gasteiger partial charge in [-0.25, -0.2) is 0 Å². The van der Waals surface area contributed by atoms with Gasteiger partial charge in [0.2, 0.25) is 5.91 Å². The van der Waals surface area contributed by atoms with Crippen LogP contribution in [0.5, 0.6) is 0 Å². The van der Waals surface area contributed by atoms with Crippen LogP contribution in [0.25, 0.3) is 0 Å². The molecule has 0 aromatic heterocycles. The highest BCUT2D eigenvalue weighted by Gasteiger charge is 2.07. The van der Waals surface area contributed by atoms with Gasteiger partial charge in [-0.15, -0.1) is 0 Å². The number of amides is 1. The normalized spacial score (nSPS) is 9.87. The molecule has 0 saturated carbocycles. The molecule has 0 aliphatic carbocycles. The van der Waals surface area contributed by atoms with E-state index < -0.39 is 0 Å². The summed E-state index contributed by atoms with van der Waals surface area (Å²) in [5, 5.41) is 2.46. The molecular formula is C10H17NO4. The van der Waals surface area contributed by atoms with Crippen molar-refractivity contribution in [3.05, 3.63) is 0 Å². The fourth-order valence-electron chi connectivity index (χ4n) is 0.914. The van der Waals surface area contributed by atoms with Gasteiger partial charge in [0, 0.05) is 6.54 Å². The Bertz CT molecular complexity index is 248. The van der Waals surface area contributed by atoms with Crippen molar-refractivity contribution in [2.45, 2.75) is 39.7 Å². The molecule has 86 valence electrons. The van der Waals surface area contributed by atoms with Crippen molar-refractivity contribution in [1.29, 1.82) is 0 Å². The molecule has 0 atom stereocenters. The smallest absolute Gasteiger partial charge is 0.307 e. The average Bonchev–Trinajstić information content (AvgIpc) is 2.00. The maximum Gasteiger partial charge on any atom is 0.307 e. The molecule has 0 rings (SSSR count). The number of hydrogen-bond donors (Lipinski definition) is 1. The first-order chi connectivity index (χ1) is 6.91. The number of ether oxygens (including phenoxy) is 1. The molecule has 0 unspecified atom stereocenters. The van der Waals surface area contributed by atoms with Gasteiger partial charge in [-0.2, -0.15) is 0 Å². The van der Waals surface area contributed by atoms with Crippen LogP contribution < -0.4 is 5.32 Å². The topological polar surface area (TPSA) is 72.5 Å². The Labute approximate surface area is 89.2 Å². The zero-order valence-corrected chi connectivity index (χ0v) is 9.33. The van der Waals surface area contributed by atoms with Crippen molar-refractivity contribution in [1.82, 2.24) is 5.32 Å². The standard InChI is InChI=1S/C10H17NO4/c1-7(2)15-10(14)4-5-11-9(13)6-8(3)12/h7H,4-6H2,1-3H3,(H,11,13). The van der Waals surface area contributed by atoms with Crippen LogP contribution in [0.1, 0.15) is 33.6 Å². The van der Waals surface area contributed by atoms with Crippen molar-refractivity contribution in [3.63, 3.8) is 0 Å². The van der Waals surface area contributed by atoms with Gasteiger partial charge < -0.3 is 10.1 Å². The third-order valence-corrected chi connectivity index (χ3v) is 1.43. The molecule has 1 amide bonds. The molecular weight excluding hydrogens is 198 g/mol. The van der Waals surface area contributed by atoms with Crippen molar-refractivity contribution in [3.8, 4) is 0 Å². The molecule has 5 heteroatoms. The SMILES string of the molecule is CC(=O)CC(=O)NCCC(=O)OC(C)C. The summed E-state index contributed by atoms with van der Waals surface area (Å²) < 4.78 is 4.86. The summed E-state index contributed by atoms with van der Waals surface area (Å²) in [6, 6.07) is 0. The molecule has 0 fully saturated rings. The average molecular weight is 215 g/mol. The summed E-state index contributed by atoms with van der Waals surface area (Å²) in [4.78, 5) is 32.5. The number of ketones is 1. The van der Waals surface area contributed by atoms with E-state index in [2.05, 4.69) is 5.32 Å². The summed E-state index contributed by atoms with van der Waals surface area (Å²) in [7, 11) is 0. The number of carbonyl (C=O) groups is 3. The lowest BCUT2D eigenvalue weighted by Crippen LogP contribution is -2.28. The Morgan fingerprint density at radius 2 is 1.87 bits per heavy atom. The first-order valence-corrected chi connectivity index (χ1v) is 4.87. The summed E-state index contributed by atoms with van der Waals surface area (Å²) in [6.45, 7) is 5.06. The zero-order chi connectivity index (χ0) is 11.8. The number of rotatable bonds is 6. The minimum absolute atomic E-state index is 0.127. The number of nitrogens with one attached hydrogen (secondary N) is 1. The minimum atomic E-state index is -0.361. The fourth-order valence-corrected chi connectivity index (χ4v) is 0.914. The number of hydrogen-bond acceptors (Lipinski definition) is 4. The van der Waals surface area contributed by atoms with E-state index in [4.69, 9.17) is 4.74 Å². The molecule has 0 aliphatic heterocycles. The van der Waals surface area contributed by atoms with Gasteiger partial charge >= 0.3 is 5.97 Å². The molecule has 0 aromatic carbocycles. The van der Waals surface area contributed by atoms with Crippen LogP contribution in [0.2, 0.25) is 0 Å². The number of esters is 1. The molecule has 0 heterocycles. The first-order valence-electron chi connectivity index (χ1n) is 4.87. The quantitative estimate of drug-likeness (QED) is 0.515. The van der Waals surface area contributed by atoms with E-state index in [0.29, 0.717) is 0 Å². The first kappa shape index (κ1) is 13.6. The summed E-state index contributed by atoms with van der Waals surface area (Å²) in [6.07, 6.45) is -0.161. The van der Waals surface area contributed by atoms with Gasteiger partial charge in [0.25, 0.3) is 0 Å². The zero-order valence-electron chi connectivity index (χ0n) is 9.33. The Balaban J connectivity index is 3.57. The lowest BCUT2D eigenvalue weighted by molar-refractivity contribution is -0.147. The fraction of sp³-hybridized carbons (Fsp3) is 0.700. The van der Waals surface area contributed by atoms with Crippen LogP contribution in [-0.2, 0) is 19.1 Å². The Hall–Kier alpha value is -1.39. The molecule has 0 bridgehead atoms. The van der Waals surface area contributed by atoms with E-state index in [1.165, 1.54) is 6.92 Å². The van der Waals surface area contributed by atoms with Gasteiger partial charge in [-0.3, -0.25) is 14.4 Å². The van der Waals surface area contributed by atoms with Crippen LogP contribution >= 0.6 is 0 Å². The molecule has 5 nitrogen and oxygen atoms in total. The maximum absolute atomic E-state index is 11.0. The van der Waals surface area contributed by atoms with E-state index in [9.17, 15) is 14.4 Å². The highest BCUT2D eigenvalue weighted by molar-refractivity contribution is 5.96. The van der Waals surface area contributed by atoms with Gasteiger partial charge in [0.05, 0.1) is 18.9 Å². The molecule has 0 saturated heterocycles. The van der Waals surface area contributed by atoms with Crippen molar-refractivity contribution in [2.75, 3.05) is 6.54 Å². The predicted molar refractivity (Wildman–Crippen MR) is 54.2 cm³/mol. The van der Waals surface area contributed by atoms with Crippen molar-refractivity contribution < 1.29 is 19.1 Å². The largest absolute Gasteiger partial charge is 0.463 e. The Morgan fingerprint density at radius 1 is 1.27 bits per heavy atom. The highest BCUT2D eigenvalue weighted by Crippen LogP contribution is 1.92. The van der Waals surface area contributed by atoms with Crippen molar-refractivity contribution >= 4 is 17.7 Å². The third kappa shape index (κ3) is 8.93. The van der Waals surface area contributed by atoms with E-state index in [1.54, 1.807) is 13.8 Å². The van der Waals surface area contributed by atoms with Crippen molar-refractivity contribution in [2.24, 2.45) is 0 Å². The minimum Gasteiger partial charge on any atom is -0.463 e. The van der Waals surface area contributed by atoms with Crippen LogP contribution in [0.15, 0.2) is 0 Å². The predicted octanol–water partition coefficient (Wildman–Crippen LogP) is 0.423. The van der Waals surface area contributed by atoms with E-state index in [-0.39, 0.29) is 43.2 Å². The lowest BCUT2D eigenvalue weighted by atomic mass is 10.3. The van der Waals surface area contributed by atoms with E-state index >= 15 is 0 Å². The van der Waals surface area contributed by atoms with Gasteiger partial charge in [0.1, 0.15) is 5.78 Å². The molecule has 1 N–H and O–H groups in total. The van der Waals surface area contributed by atoms with Gasteiger partial charge in [-0.1, -0.05) is 0 Å². The lowest BCUT2D eigenvalue weighted by Gasteiger charge is -2.07. The Morgan fingerprint density at radius 3 is 2.33 bits per heavy atom. The van der Waals surface area contributed by atoms with Crippen LogP contribution in [-0.4, -0.2) is 30.3 Å². The summed E-state index contributed by atoms with van der Waals surface area (Å²) >= 11 is 0. The molecule has 0 aliphatic rings. The van der Waals surface area contributed by atoms with Crippen LogP contribution in [0, 0.1) is 0 Å². The molecule has 15 heavy (non-hydrogen) atoms. The van der Waals surface area contributed by atoms with Gasteiger partial charge in [0.15, 0.2) is 0 Å². The van der Waals surface area contributed by atoms with E-state index in [1.807, 2.05) is 0 Å². The highest BCUT2D eigenvalue weighted by atomic mass is 16.5. The molecule has 0 radical (unpaired) electrons. The van der Waals surface area contributed by atoms with Crippen LogP contribution in [0.4, 0.5) is 0 Å². The number of carbonyl (C=O) groups excluding carboxylic acids is 3. The number of Topliss-reactive ketones (excluding diaryl/α,β-unsaturated/α-hetero) is 1. The summed E-state index contributed by atoms with van der Waals surface area (Å²) in [5.74, 6) is -0.912. The third-order valence-electron chi connectivity index (χ3n) is 1.43. The molecule has 0 spiro atoms. The second kappa shape index (κ2) is 6.98. The second-order valence-electron chi connectivity index (χ2n) is 3.52. The second-order valence-corrected chi connectivity index (χ2v) is 3.52. The summed E-state index contributed by atoms with van der Waals surface area (Å²) in [5.41, 5.74) is 0. The monoisotopic (exact) mass is 215 g/mol. The van der Waals surface area contributed by atoms with Crippen LogP contribution in [0.3, 0.4) is 0 Å². The van der Waals surface area contributed by atoms with Gasteiger partial charge in [-0.05, 0) is 20.8 Å². The maximum atomic E-state index is 11.0.